The summed E-state index contributed by atoms with van der Waals surface area (Å²) in [4.78, 5) is 16.7. The molecule has 2 aromatic rings. The maximum absolute atomic E-state index is 11.5. The minimum atomic E-state index is -0.150. The number of hydrogen-bond donors (Lipinski definition) is 1. The summed E-state index contributed by atoms with van der Waals surface area (Å²) in [7, 11) is 0. The van der Waals surface area contributed by atoms with Crippen LogP contribution in [0.15, 0.2) is 28.0 Å². The summed E-state index contributed by atoms with van der Waals surface area (Å²) in [6.45, 7) is 1.92. The lowest BCUT2D eigenvalue weighted by atomic mass is 10.3. The van der Waals surface area contributed by atoms with Crippen molar-refractivity contribution in [3.63, 3.8) is 0 Å². The van der Waals surface area contributed by atoms with Crippen molar-refractivity contribution >= 4 is 34.8 Å². The van der Waals surface area contributed by atoms with E-state index in [1.807, 2.05) is 29.8 Å². The number of aryl methyl sites for hydroxylation is 1. The van der Waals surface area contributed by atoms with Gasteiger partial charge in [0.25, 0.3) is 0 Å². The number of carbonyl (C=O) groups excluding carboxylic acids is 1. The molecule has 6 heteroatoms. The Hall–Kier alpha value is -1.53. The van der Waals surface area contributed by atoms with Crippen molar-refractivity contribution in [1.29, 1.82) is 0 Å². The lowest BCUT2D eigenvalue weighted by molar-refractivity contribution is -0.120. The van der Waals surface area contributed by atoms with Crippen LogP contribution in [0.3, 0.4) is 0 Å². The molecule has 0 saturated carbocycles. The van der Waals surface area contributed by atoms with Crippen LogP contribution >= 0.6 is 22.7 Å². The molecule has 2 aromatic heterocycles. The molecule has 0 spiro atoms. The maximum Gasteiger partial charge on any atom is 0.246 e. The molecular formula is C11H11N3OS2. The second-order valence-corrected chi connectivity index (χ2v) is 5.38. The molecular weight excluding hydrogens is 254 g/mol. The van der Waals surface area contributed by atoms with E-state index < -0.39 is 0 Å². The molecule has 4 nitrogen and oxygen atoms in total. The number of thiazole rings is 1. The first-order valence-corrected chi connectivity index (χ1v) is 6.76. The number of amides is 1. The SMILES string of the molecule is Cc1nc(CC(=O)N/N=C\c2cccs2)cs1. The molecule has 0 aliphatic carbocycles. The van der Waals surface area contributed by atoms with Gasteiger partial charge in [-0.05, 0) is 18.4 Å². The van der Waals surface area contributed by atoms with Gasteiger partial charge in [-0.1, -0.05) is 6.07 Å². The van der Waals surface area contributed by atoms with E-state index >= 15 is 0 Å². The zero-order valence-electron chi connectivity index (χ0n) is 9.21. The van der Waals surface area contributed by atoms with Crippen molar-refractivity contribution in [2.75, 3.05) is 0 Å². The van der Waals surface area contributed by atoms with Crippen LogP contribution in [-0.4, -0.2) is 17.1 Å². The smallest absolute Gasteiger partial charge is 0.246 e. The number of carbonyl (C=O) groups is 1. The molecule has 2 heterocycles. The summed E-state index contributed by atoms with van der Waals surface area (Å²) >= 11 is 3.11. The fourth-order valence-electron chi connectivity index (χ4n) is 1.23. The fraction of sp³-hybridized carbons (Fsp3) is 0.182. The largest absolute Gasteiger partial charge is 0.273 e. The molecule has 2 rings (SSSR count). The van der Waals surface area contributed by atoms with Crippen LogP contribution in [0.5, 0.6) is 0 Å². The van der Waals surface area contributed by atoms with Crippen LogP contribution in [0.4, 0.5) is 0 Å². The number of hydrogen-bond acceptors (Lipinski definition) is 5. The number of hydrazone groups is 1. The van der Waals surface area contributed by atoms with Gasteiger partial charge in [0.05, 0.1) is 23.3 Å². The Labute approximate surface area is 107 Å². The third kappa shape index (κ3) is 3.76. The van der Waals surface area contributed by atoms with Crippen molar-refractivity contribution < 1.29 is 4.79 Å². The maximum atomic E-state index is 11.5. The van der Waals surface area contributed by atoms with Gasteiger partial charge in [-0.3, -0.25) is 4.79 Å². The highest BCUT2D eigenvalue weighted by Crippen LogP contribution is 2.08. The van der Waals surface area contributed by atoms with Gasteiger partial charge in [0, 0.05) is 10.3 Å². The summed E-state index contributed by atoms with van der Waals surface area (Å²) in [5, 5.41) is 8.69. The molecule has 17 heavy (non-hydrogen) atoms. The highest BCUT2D eigenvalue weighted by Gasteiger charge is 2.04. The minimum absolute atomic E-state index is 0.150. The van der Waals surface area contributed by atoms with Crippen LogP contribution in [0.2, 0.25) is 0 Å². The second-order valence-electron chi connectivity index (χ2n) is 3.34. The highest BCUT2D eigenvalue weighted by molar-refractivity contribution is 7.11. The zero-order chi connectivity index (χ0) is 12.1. The molecule has 0 unspecified atom stereocenters. The predicted molar refractivity (Wildman–Crippen MR) is 70.6 cm³/mol. The molecule has 0 radical (unpaired) electrons. The van der Waals surface area contributed by atoms with Crippen molar-refractivity contribution in [3.8, 4) is 0 Å². The number of nitrogens with zero attached hydrogens (tertiary/aromatic N) is 2. The van der Waals surface area contributed by atoms with Gasteiger partial charge in [-0.15, -0.1) is 22.7 Å². The van der Waals surface area contributed by atoms with Gasteiger partial charge in [-0.2, -0.15) is 5.10 Å². The van der Waals surface area contributed by atoms with Crippen LogP contribution in [-0.2, 0) is 11.2 Å². The molecule has 0 aromatic carbocycles. The standard InChI is InChI=1S/C11H11N3OS2/c1-8-13-9(7-17-8)5-11(15)14-12-6-10-3-2-4-16-10/h2-4,6-7H,5H2,1H3,(H,14,15)/b12-6-. The van der Waals surface area contributed by atoms with E-state index in [4.69, 9.17) is 0 Å². The third-order valence-corrected chi connectivity index (χ3v) is 3.56. The zero-order valence-corrected chi connectivity index (χ0v) is 10.8. The van der Waals surface area contributed by atoms with E-state index in [2.05, 4.69) is 15.5 Å². The van der Waals surface area contributed by atoms with E-state index in [-0.39, 0.29) is 12.3 Å². The van der Waals surface area contributed by atoms with Gasteiger partial charge in [0.15, 0.2) is 0 Å². The van der Waals surface area contributed by atoms with E-state index in [9.17, 15) is 4.79 Å². The van der Waals surface area contributed by atoms with Gasteiger partial charge in [-0.25, -0.2) is 10.4 Å². The minimum Gasteiger partial charge on any atom is -0.273 e. The Morgan fingerprint density at radius 2 is 2.47 bits per heavy atom. The quantitative estimate of drug-likeness (QED) is 0.680. The molecule has 0 saturated heterocycles. The molecule has 0 aliphatic rings. The Morgan fingerprint density at radius 3 is 3.12 bits per heavy atom. The van der Waals surface area contributed by atoms with E-state index in [1.165, 1.54) is 0 Å². The first-order valence-electron chi connectivity index (χ1n) is 5.00. The van der Waals surface area contributed by atoms with E-state index in [1.54, 1.807) is 28.9 Å². The molecule has 0 bridgehead atoms. The average molecular weight is 265 g/mol. The van der Waals surface area contributed by atoms with Gasteiger partial charge in [0.2, 0.25) is 5.91 Å². The van der Waals surface area contributed by atoms with E-state index in [0.717, 1.165) is 15.6 Å². The highest BCUT2D eigenvalue weighted by atomic mass is 32.1. The molecule has 88 valence electrons. The van der Waals surface area contributed by atoms with Crippen molar-refractivity contribution in [2.24, 2.45) is 5.10 Å². The average Bonchev–Trinajstić information content (AvgIpc) is 2.90. The Bertz CT molecular complexity index is 517. The lowest BCUT2D eigenvalue weighted by Gasteiger charge is -1.95. The normalized spacial score (nSPS) is 10.9. The second kappa shape index (κ2) is 5.70. The molecule has 0 atom stereocenters. The van der Waals surface area contributed by atoms with Crippen molar-refractivity contribution in [2.45, 2.75) is 13.3 Å². The molecule has 0 aliphatic heterocycles. The van der Waals surface area contributed by atoms with Gasteiger partial charge < -0.3 is 0 Å². The summed E-state index contributed by atoms with van der Waals surface area (Å²) < 4.78 is 0. The number of aromatic nitrogens is 1. The summed E-state index contributed by atoms with van der Waals surface area (Å²) in [5.41, 5.74) is 3.27. The monoisotopic (exact) mass is 265 g/mol. The van der Waals surface area contributed by atoms with Crippen LogP contribution in [0, 0.1) is 6.92 Å². The molecule has 1 N–H and O–H groups in total. The summed E-state index contributed by atoms with van der Waals surface area (Å²) in [5.74, 6) is -0.150. The van der Waals surface area contributed by atoms with Gasteiger partial charge >= 0.3 is 0 Å². The summed E-state index contributed by atoms with van der Waals surface area (Å²) in [6.07, 6.45) is 1.90. The first-order chi connectivity index (χ1) is 8.24. The Morgan fingerprint density at radius 1 is 1.59 bits per heavy atom. The van der Waals surface area contributed by atoms with E-state index in [0.29, 0.717) is 0 Å². The number of thiophene rings is 1. The molecule has 1 amide bonds. The first kappa shape index (κ1) is 11.9. The third-order valence-electron chi connectivity index (χ3n) is 1.93. The van der Waals surface area contributed by atoms with Crippen LogP contribution < -0.4 is 5.43 Å². The Kier molecular flexibility index (Phi) is 4.00. The number of nitrogens with one attached hydrogen (secondary N) is 1. The van der Waals surface area contributed by atoms with Crippen molar-refractivity contribution in [3.05, 3.63) is 38.5 Å². The van der Waals surface area contributed by atoms with Crippen LogP contribution in [0.25, 0.3) is 0 Å². The van der Waals surface area contributed by atoms with Crippen LogP contribution in [0.1, 0.15) is 15.6 Å². The molecule has 0 fully saturated rings. The number of rotatable bonds is 4. The Balaban J connectivity index is 1.82. The topological polar surface area (TPSA) is 54.4 Å². The fourth-order valence-corrected chi connectivity index (χ4v) is 2.42. The predicted octanol–water partition coefficient (Wildman–Crippen LogP) is 2.21. The summed E-state index contributed by atoms with van der Waals surface area (Å²) in [6, 6.07) is 3.87. The van der Waals surface area contributed by atoms with Gasteiger partial charge in [0.1, 0.15) is 0 Å². The van der Waals surface area contributed by atoms with Crippen molar-refractivity contribution in [1.82, 2.24) is 10.4 Å². The lowest BCUT2D eigenvalue weighted by Crippen LogP contribution is -2.19.